The van der Waals surface area contributed by atoms with Gasteiger partial charge in [-0.2, -0.15) is 0 Å². The van der Waals surface area contributed by atoms with Crippen molar-refractivity contribution in [3.8, 4) is 5.75 Å². The van der Waals surface area contributed by atoms with Gasteiger partial charge in [0.1, 0.15) is 5.75 Å². The third-order valence-electron chi connectivity index (χ3n) is 4.35. The van der Waals surface area contributed by atoms with Crippen LogP contribution in [0.2, 0.25) is 0 Å². The topological polar surface area (TPSA) is 29.5 Å². The van der Waals surface area contributed by atoms with Gasteiger partial charge in [-0.1, -0.05) is 36.9 Å². The van der Waals surface area contributed by atoms with Crippen LogP contribution in [0.5, 0.6) is 5.75 Å². The maximum atomic E-state index is 12.3. The van der Waals surface area contributed by atoms with Crippen molar-refractivity contribution >= 4 is 23.4 Å². The second-order valence-corrected chi connectivity index (χ2v) is 6.75. The van der Waals surface area contributed by atoms with E-state index in [1.165, 1.54) is 4.90 Å². The third kappa shape index (κ3) is 3.82. The largest absolute Gasteiger partial charge is 0.415 e. The fourth-order valence-corrected chi connectivity index (χ4v) is 3.31. The lowest BCUT2D eigenvalue weighted by atomic mass is 9.93. The van der Waals surface area contributed by atoms with E-state index in [0.717, 1.165) is 17.6 Å². The van der Waals surface area contributed by atoms with Crippen molar-refractivity contribution in [2.24, 2.45) is 5.92 Å². The van der Waals surface area contributed by atoms with Gasteiger partial charge in [0.15, 0.2) is 0 Å². The van der Waals surface area contributed by atoms with Crippen LogP contribution in [-0.2, 0) is 0 Å². The molecule has 0 saturated carbocycles. The number of carbonyl (C=O) groups is 1. The molecule has 0 aromatic heterocycles. The zero-order chi connectivity index (χ0) is 16.9. The number of hydrogen-bond acceptors (Lipinski definition) is 3. The van der Waals surface area contributed by atoms with Crippen molar-refractivity contribution < 1.29 is 9.53 Å². The minimum atomic E-state index is -0.283. The second-order valence-electron chi connectivity index (χ2n) is 5.87. The highest BCUT2D eigenvalue weighted by Crippen LogP contribution is 2.31. The molecule has 1 unspecified atom stereocenters. The van der Waals surface area contributed by atoms with Crippen LogP contribution >= 0.6 is 11.8 Å². The summed E-state index contributed by atoms with van der Waals surface area (Å²) in [5, 5.41) is 0. The lowest BCUT2D eigenvalue weighted by Crippen LogP contribution is -2.31. The van der Waals surface area contributed by atoms with E-state index in [1.807, 2.05) is 18.2 Å². The molecule has 24 heavy (non-hydrogen) atoms. The Kier molecular flexibility index (Phi) is 5.26. The fraction of sp³-hybridized carbons (Fsp3) is 0.250. The monoisotopic (exact) mass is 339 g/mol. The standard InChI is InChI=1S/C20H21NO2S/c1-15(16-8-10-19(24-2)11-9-16)17-12-13-21(14-17)20(22)23-18-6-4-3-5-7-18/h3-11,17H,1,12-14H2,2H3. The first-order valence-electron chi connectivity index (χ1n) is 8.02. The maximum absolute atomic E-state index is 12.3. The zero-order valence-corrected chi connectivity index (χ0v) is 14.6. The van der Waals surface area contributed by atoms with E-state index < -0.39 is 0 Å². The molecule has 4 heteroatoms. The molecule has 1 aliphatic heterocycles. The van der Waals surface area contributed by atoms with E-state index in [4.69, 9.17) is 4.74 Å². The molecule has 0 bridgehead atoms. The number of para-hydroxylation sites is 1. The number of likely N-dealkylation sites (tertiary alicyclic amines) is 1. The van der Waals surface area contributed by atoms with Crippen molar-refractivity contribution in [3.05, 3.63) is 66.7 Å². The summed E-state index contributed by atoms with van der Waals surface area (Å²) in [6.07, 6.45) is 2.71. The molecule has 1 heterocycles. The summed E-state index contributed by atoms with van der Waals surface area (Å²) in [6.45, 7) is 5.62. The lowest BCUT2D eigenvalue weighted by Gasteiger charge is -2.17. The van der Waals surface area contributed by atoms with Crippen molar-refractivity contribution in [3.63, 3.8) is 0 Å². The highest BCUT2D eigenvalue weighted by atomic mass is 32.2. The molecule has 1 saturated heterocycles. The molecule has 3 rings (SSSR count). The van der Waals surface area contributed by atoms with Crippen LogP contribution in [0.1, 0.15) is 12.0 Å². The summed E-state index contributed by atoms with van der Waals surface area (Å²) in [4.78, 5) is 15.3. The Balaban J connectivity index is 1.59. The first-order chi connectivity index (χ1) is 11.7. The quantitative estimate of drug-likeness (QED) is 0.739. The van der Waals surface area contributed by atoms with Crippen molar-refractivity contribution in [2.45, 2.75) is 11.3 Å². The first kappa shape index (κ1) is 16.7. The summed E-state index contributed by atoms with van der Waals surface area (Å²) in [6, 6.07) is 17.6. The van der Waals surface area contributed by atoms with E-state index in [2.05, 4.69) is 37.1 Å². The Hall–Kier alpha value is -2.20. The van der Waals surface area contributed by atoms with Crippen LogP contribution in [0.15, 0.2) is 66.1 Å². The normalized spacial score (nSPS) is 16.9. The summed E-state index contributed by atoms with van der Waals surface area (Å²) in [5.74, 6) is 0.867. The van der Waals surface area contributed by atoms with Crippen molar-refractivity contribution in [1.82, 2.24) is 4.90 Å². The van der Waals surface area contributed by atoms with E-state index in [0.29, 0.717) is 18.8 Å². The molecule has 1 aliphatic rings. The number of benzene rings is 2. The molecule has 0 radical (unpaired) electrons. The number of nitrogens with zero attached hydrogens (tertiary/aromatic N) is 1. The molecular formula is C20H21NO2S. The molecule has 2 aromatic rings. The number of thioether (sulfide) groups is 1. The number of amides is 1. The van der Waals surface area contributed by atoms with Crippen LogP contribution in [0.25, 0.3) is 5.57 Å². The van der Waals surface area contributed by atoms with Crippen LogP contribution in [0, 0.1) is 5.92 Å². The minimum Gasteiger partial charge on any atom is -0.410 e. The number of rotatable bonds is 4. The van der Waals surface area contributed by atoms with Crippen LogP contribution in [0.3, 0.4) is 0 Å². The maximum Gasteiger partial charge on any atom is 0.415 e. The molecule has 0 spiro atoms. The highest BCUT2D eigenvalue weighted by Gasteiger charge is 2.29. The summed E-state index contributed by atoms with van der Waals surface area (Å²) < 4.78 is 5.42. The van der Waals surface area contributed by atoms with E-state index in [9.17, 15) is 4.79 Å². The van der Waals surface area contributed by atoms with Gasteiger partial charge in [0.05, 0.1) is 0 Å². The lowest BCUT2D eigenvalue weighted by molar-refractivity contribution is 0.162. The predicted octanol–water partition coefficient (Wildman–Crippen LogP) is 4.94. The molecule has 0 aliphatic carbocycles. The Labute approximate surface area is 147 Å². The Bertz CT molecular complexity index is 712. The molecule has 0 N–H and O–H groups in total. The van der Waals surface area contributed by atoms with Crippen LogP contribution < -0.4 is 4.74 Å². The second kappa shape index (κ2) is 7.58. The van der Waals surface area contributed by atoms with Gasteiger partial charge in [-0.15, -0.1) is 11.8 Å². The molecule has 2 aromatic carbocycles. The van der Waals surface area contributed by atoms with E-state index >= 15 is 0 Å². The number of ether oxygens (including phenoxy) is 1. The van der Waals surface area contributed by atoms with Crippen molar-refractivity contribution in [1.29, 1.82) is 0 Å². The van der Waals surface area contributed by atoms with Crippen molar-refractivity contribution in [2.75, 3.05) is 19.3 Å². The molecule has 1 fully saturated rings. The molecule has 1 amide bonds. The minimum absolute atomic E-state index is 0.283. The average molecular weight is 339 g/mol. The number of hydrogen-bond donors (Lipinski definition) is 0. The highest BCUT2D eigenvalue weighted by molar-refractivity contribution is 7.98. The van der Waals surface area contributed by atoms with Gasteiger partial charge < -0.3 is 9.64 Å². The van der Waals surface area contributed by atoms with E-state index in [1.54, 1.807) is 28.8 Å². The van der Waals surface area contributed by atoms with Gasteiger partial charge in [-0.3, -0.25) is 0 Å². The molecule has 3 nitrogen and oxygen atoms in total. The fourth-order valence-electron chi connectivity index (χ4n) is 2.91. The Morgan fingerprint density at radius 1 is 1.17 bits per heavy atom. The van der Waals surface area contributed by atoms with E-state index in [-0.39, 0.29) is 12.0 Å². The predicted molar refractivity (Wildman–Crippen MR) is 99.4 cm³/mol. The summed E-state index contributed by atoms with van der Waals surface area (Å²) in [5.41, 5.74) is 2.24. The average Bonchev–Trinajstić information content (AvgIpc) is 3.12. The summed E-state index contributed by atoms with van der Waals surface area (Å²) in [7, 11) is 0. The zero-order valence-electron chi connectivity index (χ0n) is 13.8. The smallest absolute Gasteiger partial charge is 0.410 e. The Morgan fingerprint density at radius 2 is 1.88 bits per heavy atom. The SMILES string of the molecule is C=C(c1ccc(SC)cc1)C1CCN(C(=O)Oc2ccccc2)C1. The molecular weight excluding hydrogens is 318 g/mol. The Morgan fingerprint density at radius 3 is 2.54 bits per heavy atom. The van der Waals surface area contributed by atoms with Gasteiger partial charge in [-0.25, -0.2) is 4.79 Å². The van der Waals surface area contributed by atoms with Gasteiger partial charge in [0.25, 0.3) is 0 Å². The van der Waals surface area contributed by atoms with Crippen LogP contribution in [0.4, 0.5) is 4.79 Å². The molecule has 1 atom stereocenters. The van der Waals surface area contributed by atoms with Gasteiger partial charge >= 0.3 is 6.09 Å². The van der Waals surface area contributed by atoms with Gasteiger partial charge in [-0.05, 0) is 48.1 Å². The summed E-state index contributed by atoms with van der Waals surface area (Å²) >= 11 is 1.73. The van der Waals surface area contributed by atoms with Gasteiger partial charge in [0.2, 0.25) is 0 Å². The van der Waals surface area contributed by atoms with Crippen LogP contribution in [-0.4, -0.2) is 30.3 Å². The first-order valence-corrected chi connectivity index (χ1v) is 9.25. The van der Waals surface area contributed by atoms with Gasteiger partial charge in [0, 0.05) is 23.9 Å². The number of carbonyl (C=O) groups excluding carboxylic acids is 1. The molecule has 124 valence electrons. The third-order valence-corrected chi connectivity index (χ3v) is 5.09.